The molecule has 32 heavy (non-hydrogen) atoms. The van der Waals surface area contributed by atoms with Gasteiger partial charge >= 0.3 is 0 Å². The molecule has 7 heteroatoms. The maximum Gasteiger partial charge on any atom is 0.254 e. The Hall–Kier alpha value is -3.29. The van der Waals surface area contributed by atoms with Crippen LogP contribution in [0.3, 0.4) is 0 Å². The predicted octanol–water partition coefficient (Wildman–Crippen LogP) is 3.49. The Bertz CT molecular complexity index is 1320. The molecule has 1 amide bonds. The van der Waals surface area contributed by atoms with E-state index in [0.29, 0.717) is 25.2 Å². The number of methoxy groups -OCH3 is 1. The van der Waals surface area contributed by atoms with E-state index in [1.165, 1.54) is 0 Å². The fraction of sp³-hybridized carbons (Fsp3) is 0.320. The van der Waals surface area contributed by atoms with Crippen molar-refractivity contribution in [1.82, 2.24) is 19.7 Å². The number of carbonyl (C=O) groups is 1. The monoisotopic (exact) mass is 430 g/mol. The molecular formula is C25H26N4O3. The molecular weight excluding hydrogens is 404 g/mol. The van der Waals surface area contributed by atoms with E-state index < -0.39 is 5.60 Å². The molecule has 1 N–H and O–H groups in total. The van der Waals surface area contributed by atoms with Gasteiger partial charge in [0.15, 0.2) is 0 Å². The Morgan fingerprint density at radius 1 is 1.12 bits per heavy atom. The molecule has 0 aliphatic carbocycles. The van der Waals surface area contributed by atoms with Crippen LogP contribution in [-0.2, 0) is 11.3 Å². The summed E-state index contributed by atoms with van der Waals surface area (Å²) in [5, 5.41) is 17.6. The summed E-state index contributed by atoms with van der Waals surface area (Å²) in [7, 11) is 1.67. The number of pyridine rings is 1. The van der Waals surface area contributed by atoms with E-state index in [4.69, 9.17) is 4.74 Å². The Balaban J connectivity index is 1.52. The summed E-state index contributed by atoms with van der Waals surface area (Å²) in [5.41, 5.74) is 2.75. The molecule has 0 bridgehead atoms. The zero-order chi connectivity index (χ0) is 22.5. The highest BCUT2D eigenvalue weighted by Gasteiger charge is 2.31. The van der Waals surface area contributed by atoms with Gasteiger partial charge in [0, 0.05) is 54.5 Å². The zero-order valence-corrected chi connectivity index (χ0v) is 18.4. The molecule has 7 nitrogen and oxygen atoms in total. The second-order valence-corrected chi connectivity index (χ2v) is 9.08. The van der Waals surface area contributed by atoms with Crippen LogP contribution in [0.15, 0.2) is 55.0 Å². The van der Waals surface area contributed by atoms with E-state index in [2.05, 4.69) is 16.1 Å². The fourth-order valence-electron chi connectivity index (χ4n) is 4.21. The van der Waals surface area contributed by atoms with Crippen LogP contribution in [0.25, 0.3) is 32.8 Å². The van der Waals surface area contributed by atoms with E-state index in [-0.39, 0.29) is 12.0 Å². The maximum atomic E-state index is 12.9. The molecule has 1 saturated heterocycles. The zero-order valence-electron chi connectivity index (χ0n) is 18.4. The Morgan fingerprint density at radius 3 is 2.69 bits per heavy atom. The summed E-state index contributed by atoms with van der Waals surface area (Å²) in [6, 6.07) is 11.9. The van der Waals surface area contributed by atoms with Crippen molar-refractivity contribution in [1.29, 1.82) is 0 Å². The van der Waals surface area contributed by atoms with Gasteiger partial charge in [-0.1, -0.05) is 12.1 Å². The third kappa shape index (κ3) is 3.74. The van der Waals surface area contributed by atoms with Gasteiger partial charge in [-0.05, 0) is 49.1 Å². The van der Waals surface area contributed by atoms with Crippen LogP contribution in [0.4, 0.5) is 0 Å². The molecule has 164 valence electrons. The summed E-state index contributed by atoms with van der Waals surface area (Å²) in [4.78, 5) is 19.1. The third-order valence-electron chi connectivity index (χ3n) is 5.97. The van der Waals surface area contributed by atoms with Gasteiger partial charge in [0.25, 0.3) is 5.91 Å². The van der Waals surface area contributed by atoms with Crippen LogP contribution < -0.4 is 0 Å². The number of hydrogen-bond acceptors (Lipinski definition) is 5. The van der Waals surface area contributed by atoms with Crippen LogP contribution in [-0.4, -0.2) is 62.6 Å². The lowest BCUT2D eigenvalue weighted by Gasteiger charge is -2.38. The highest BCUT2D eigenvalue weighted by atomic mass is 16.5. The normalized spacial score (nSPS) is 14.8. The number of benzene rings is 2. The predicted molar refractivity (Wildman–Crippen MR) is 123 cm³/mol. The van der Waals surface area contributed by atoms with Crippen molar-refractivity contribution in [2.24, 2.45) is 0 Å². The average Bonchev–Trinajstić information content (AvgIpc) is 3.12. The number of carbonyl (C=O) groups excluding carboxylic acids is 1. The van der Waals surface area contributed by atoms with E-state index in [0.717, 1.165) is 32.8 Å². The first-order valence-electron chi connectivity index (χ1n) is 10.7. The smallest absolute Gasteiger partial charge is 0.254 e. The Kier molecular flexibility index (Phi) is 4.95. The fourth-order valence-corrected chi connectivity index (χ4v) is 4.21. The molecule has 0 unspecified atom stereocenters. The van der Waals surface area contributed by atoms with E-state index >= 15 is 0 Å². The van der Waals surface area contributed by atoms with Crippen molar-refractivity contribution < 1.29 is 14.6 Å². The standard InChI is InChI=1S/C25H26N4O3/c1-25(2,31)15-29-23-7-6-16(8-19(23)11-27-29)22-12-26-10-18-5-4-17(9-21(18)22)24(30)28-13-20(14-28)32-3/h4-12,20,31H,13-15H2,1-3H3. The number of aromatic nitrogens is 3. The summed E-state index contributed by atoms with van der Waals surface area (Å²) in [5.74, 6) is 0.0197. The van der Waals surface area contributed by atoms with Gasteiger partial charge in [-0.25, -0.2) is 0 Å². The minimum atomic E-state index is -0.847. The van der Waals surface area contributed by atoms with Crippen molar-refractivity contribution >= 4 is 27.6 Å². The first kappa shape index (κ1) is 20.6. The van der Waals surface area contributed by atoms with E-state index in [9.17, 15) is 9.90 Å². The lowest BCUT2D eigenvalue weighted by molar-refractivity contribution is -0.0191. The maximum absolute atomic E-state index is 12.9. The van der Waals surface area contributed by atoms with Gasteiger partial charge in [0.1, 0.15) is 0 Å². The van der Waals surface area contributed by atoms with Gasteiger partial charge in [-0.15, -0.1) is 0 Å². The van der Waals surface area contributed by atoms with Crippen LogP contribution in [0.1, 0.15) is 24.2 Å². The molecule has 0 atom stereocenters. The molecule has 1 aliphatic rings. The molecule has 0 spiro atoms. The third-order valence-corrected chi connectivity index (χ3v) is 5.97. The molecule has 2 aromatic heterocycles. The van der Waals surface area contributed by atoms with Crippen molar-refractivity contribution in [3.8, 4) is 11.1 Å². The molecule has 0 radical (unpaired) electrons. The summed E-state index contributed by atoms with van der Waals surface area (Å²) in [6.07, 6.45) is 5.60. The van der Waals surface area contributed by atoms with Gasteiger partial charge in [-0.3, -0.25) is 14.5 Å². The lowest BCUT2D eigenvalue weighted by Crippen LogP contribution is -2.54. The SMILES string of the molecule is COC1CN(C(=O)c2ccc3cncc(-c4ccc5c(cnn5CC(C)(C)O)c4)c3c2)C1. The largest absolute Gasteiger partial charge is 0.389 e. The number of amides is 1. The van der Waals surface area contributed by atoms with Crippen molar-refractivity contribution in [3.63, 3.8) is 0 Å². The second kappa shape index (κ2) is 7.69. The van der Waals surface area contributed by atoms with Crippen molar-refractivity contribution in [2.45, 2.75) is 32.1 Å². The van der Waals surface area contributed by atoms with Gasteiger partial charge in [0.05, 0.1) is 30.0 Å². The number of ether oxygens (including phenoxy) is 1. The highest BCUT2D eigenvalue weighted by molar-refractivity contribution is 6.03. The molecule has 1 aliphatic heterocycles. The molecule has 2 aromatic carbocycles. The van der Waals surface area contributed by atoms with Crippen LogP contribution >= 0.6 is 0 Å². The first-order chi connectivity index (χ1) is 15.3. The van der Waals surface area contributed by atoms with Gasteiger partial charge in [-0.2, -0.15) is 5.10 Å². The number of aliphatic hydroxyl groups is 1. The topological polar surface area (TPSA) is 80.5 Å². The highest BCUT2D eigenvalue weighted by Crippen LogP contribution is 2.31. The second-order valence-electron chi connectivity index (χ2n) is 9.08. The van der Waals surface area contributed by atoms with Crippen LogP contribution in [0.5, 0.6) is 0 Å². The minimum absolute atomic E-state index is 0.0197. The van der Waals surface area contributed by atoms with E-state index in [1.807, 2.05) is 53.6 Å². The molecule has 3 heterocycles. The van der Waals surface area contributed by atoms with E-state index in [1.54, 1.807) is 25.9 Å². The Morgan fingerprint density at radius 2 is 1.94 bits per heavy atom. The van der Waals surface area contributed by atoms with Crippen molar-refractivity contribution in [3.05, 3.63) is 60.6 Å². The quantitative estimate of drug-likeness (QED) is 0.524. The minimum Gasteiger partial charge on any atom is -0.389 e. The molecule has 5 rings (SSSR count). The summed E-state index contributed by atoms with van der Waals surface area (Å²) >= 11 is 0. The van der Waals surface area contributed by atoms with Gasteiger partial charge in [0.2, 0.25) is 0 Å². The summed E-state index contributed by atoms with van der Waals surface area (Å²) < 4.78 is 7.11. The average molecular weight is 431 g/mol. The number of likely N-dealkylation sites (tertiary alicyclic amines) is 1. The number of rotatable bonds is 5. The molecule has 4 aromatic rings. The lowest BCUT2D eigenvalue weighted by atomic mass is 9.97. The molecule has 0 saturated carbocycles. The van der Waals surface area contributed by atoms with Crippen LogP contribution in [0, 0.1) is 0 Å². The number of nitrogens with zero attached hydrogens (tertiary/aromatic N) is 4. The van der Waals surface area contributed by atoms with Gasteiger partial charge < -0.3 is 14.7 Å². The van der Waals surface area contributed by atoms with Crippen molar-refractivity contribution in [2.75, 3.05) is 20.2 Å². The Labute approximate surface area is 186 Å². The first-order valence-corrected chi connectivity index (χ1v) is 10.7. The molecule has 1 fully saturated rings. The van der Waals surface area contributed by atoms with Crippen LogP contribution in [0.2, 0.25) is 0 Å². The summed E-state index contributed by atoms with van der Waals surface area (Å²) in [6.45, 7) is 5.21. The number of fused-ring (bicyclic) bond motifs is 2. The number of hydrogen-bond donors (Lipinski definition) is 1.